The molecule has 0 saturated carbocycles. The maximum Gasteiger partial charge on any atom is 0.351 e. The predicted molar refractivity (Wildman–Crippen MR) is 112 cm³/mol. The van der Waals surface area contributed by atoms with Crippen molar-refractivity contribution in [1.29, 1.82) is 0 Å². The van der Waals surface area contributed by atoms with Gasteiger partial charge in [-0.3, -0.25) is 4.79 Å². The molecule has 2 aromatic carbocycles. The van der Waals surface area contributed by atoms with E-state index in [9.17, 15) is 9.59 Å². The van der Waals surface area contributed by atoms with Gasteiger partial charge in [0.15, 0.2) is 18.1 Å². The van der Waals surface area contributed by atoms with Crippen molar-refractivity contribution in [3.05, 3.63) is 77.1 Å². The molecule has 1 aliphatic rings. The van der Waals surface area contributed by atoms with Crippen LogP contribution in [-0.2, 0) is 9.53 Å². The zero-order valence-electron chi connectivity index (χ0n) is 17.2. The van der Waals surface area contributed by atoms with E-state index in [1.165, 1.54) is 5.56 Å². The number of fused-ring (bicyclic) bond motifs is 1. The molecule has 0 unspecified atom stereocenters. The summed E-state index contributed by atoms with van der Waals surface area (Å²) < 4.78 is 18.4. The Morgan fingerprint density at radius 2 is 1.73 bits per heavy atom. The summed E-state index contributed by atoms with van der Waals surface area (Å²) in [5, 5.41) is 0. The van der Waals surface area contributed by atoms with Crippen LogP contribution >= 0.6 is 0 Å². The van der Waals surface area contributed by atoms with Crippen LogP contribution in [0.2, 0.25) is 0 Å². The van der Waals surface area contributed by atoms with Gasteiger partial charge in [-0.1, -0.05) is 29.8 Å². The van der Waals surface area contributed by atoms with Crippen molar-refractivity contribution < 1.29 is 23.8 Å². The van der Waals surface area contributed by atoms with Gasteiger partial charge in [0.1, 0.15) is 6.61 Å². The topological polar surface area (TPSA) is 66.8 Å². The van der Waals surface area contributed by atoms with Crippen molar-refractivity contribution >= 4 is 11.8 Å². The van der Waals surface area contributed by atoms with Crippen LogP contribution in [0.25, 0.3) is 5.69 Å². The van der Waals surface area contributed by atoms with Gasteiger partial charge in [-0.25, -0.2) is 4.79 Å². The van der Waals surface area contributed by atoms with E-state index < -0.39 is 12.1 Å². The minimum absolute atomic E-state index is 0.0476. The first-order valence-corrected chi connectivity index (χ1v) is 9.78. The van der Waals surface area contributed by atoms with Crippen LogP contribution in [0.1, 0.15) is 27.3 Å². The summed E-state index contributed by atoms with van der Waals surface area (Å²) in [4.78, 5) is 25.1. The molecule has 0 radical (unpaired) electrons. The van der Waals surface area contributed by atoms with Crippen molar-refractivity contribution in [3.8, 4) is 17.2 Å². The fourth-order valence-electron chi connectivity index (χ4n) is 3.58. The largest absolute Gasteiger partial charge is 0.485 e. The Morgan fingerprint density at radius 1 is 1.03 bits per heavy atom. The Balaban J connectivity index is 1.43. The molecule has 0 bridgehead atoms. The number of Topliss-reactive ketones (excluding diaryl/α,β-unsaturated/α-hetero) is 1. The van der Waals surface area contributed by atoms with Crippen molar-refractivity contribution in [3.63, 3.8) is 0 Å². The maximum absolute atomic E-state index is 12.7. The Bertz CT molecular complexity index is 1100. The molecule has 4 rings (SSSR count). The molecular weight excluding hydrogens is 382 g/mol. The third kappa shape index (κ3) is 3.81. The number of aromatic nitrogens is 1. The second-order valence-corrected chi connectivity index (χ2v) is 7.35. The highest BCUT2D eigenvalue weighted by molar-refractivity contribution is 5.99. The van der Waals surface area contributed by atoms with Crippen molar-refractivity contribution in [2.45, 2.75) is 26.9 Å². The summed E-state index contributed by atoms with van der Waals surface area (Å²) in [7, 11) is 0. The Labute approximate surface area is 175 Å². The second-order valence-electron chi connectivity index (χ2n) is 7.35. The van der Waals surface area contributed by atoms with E-state index in [0.717, 1.165) is 17.1 Å². The molecule has 0 fully saturated rings. The first kappa shape index (κ1) is 19.8. The molecule has 3 aromatic rings. The number of esters is 1. The number of para-hydroxylation sites is 2. The fourth-order valence-corrected chi connectivity index (χ4v) is 3.58. The van der Waals surface area contributed by atoms with Gasteiger partial charge in [0.25, 0.3) is 0 Å². The molecule has 6 heteroatoms. The van der Waals surface area contributed by atoms with Crippen molar-refractivity contribution in [2.24, 2.45) is 0 Å². The van der Waals surface area contributed by atoms with E-state index in [-0.39, 0.29) is 19.0 Å². The molecule has 0 amide bonds. The first-order valence-electron chi connectivity index (χ1n) is 9.78. The lowest BCUT2D eigenvalue weighted by atomic mass is 10.1. The van der Waals surface area contributed by atoms with Crippen LogP contribution in [0.3, 0.4) is 0 Å². The molecule has 1 aliphatic heterocycles. The smallest absolute Gasteiger partial charge is 0.351 e. The number of hydrogen-bond acceptors (Lipinski definition) is 5. The lowest BCUT2D eigenvalue weighted by molar-refractivity contribution is -0.153. The molecule has 2 heterocycles. The average Bonchev–Trinajstić information content (AvgIpc) is 3.06. The number of carbonyl (C=O) groups is 2. The number of carbonyl (C=O) groups excluding carboxylic acids is 2. The summed E-state index contributed by atoms with van der Waals surface area (Å²) in [5.41, 5.74) is 4.43. The lowest BCUT2D eigenvalue weighted by Gasteiger charge is -2.24. The summed E-state index contributed by atoms with van der Waals surface area (Å²) in [6, 6.07) is 17.0. The minimum Gasteiger partial charge on any atom is -0.485 e. The lowest BCUT2D eigenvalue weighted by Crippen LogP contribution is -2.38. The fraction of sp³-hybridized carbons (Fsp3) is 0.250. The number of ether oxygens (including phenoxy) is 3. The van der Waals surface area contributed by atoms with Crippen LogP contribution < -0.4 is 9.47 Å². The first-order chi connectivity index (χ1) is 14.4. The average molecular weight is 405 g/mol. The molecule has 0 N–H and O–H groups in total. The highest BCUT2D eigenvalue weighted by Gasteiger charge is 2.29. The standard InChI is InChI=1S/C24H23NO5/c1-15-8-10-18(11-9-15)25-16(2)12-19(17(25)3)20(26)13-29-24(27)23-14-28-21-6-4-5-7-22(21)30-23/h4-12,23H,13-14H2,1-3H3/t23-/m0/s1. The molecule has 0 saturated heterocycles. The quantitative estimate of drug-likeness (QED) is 0.475. The highest BCUT2D eigenvalue weighted by atomic mass is 16.6. The predicted octanol–water partition coefficient (Wildman–Crippen LogP) is 3.97. The molecule has 30 heavy (non-hydrogen) atoms. The molecule has 1 aromatic heterocycles. The summed E-state index contributed by atoms with van der Waals surface area (Å²) in [6.45, 7) is 5.56. The van der Waals surface area contributed by atoms with Crippen molar-refractivity contribution in [2.75, 3.05) is 13.2 Å². The molecular formula is C24H23NO5. The van der Waals surface area contributed by atoms with Crippen molar-refractivity contribution in [1.82, 2.24) is 4.57 Å². The maximum atomic E-state index is 12.7. The Hall–Kier alpha value is -3.54. The van der Waals surface area contributed by atoms with E-state index >= 15 is 0 Å². The van der Waals surface area contributed by atoms with Crippen LogP contribution in [0.4, 0.5) is 0 Å². The molecule has 6 nitrogen and oxygen atoms in total. The van der Waals surface area contributed by atoms with Crippen LogP contribution in [0, 0.1) is 20.8 Å². The minimum atomic E-state index is -0.896. The molecule has 0 aliphatic carbocycles. The van der Waals surface area contributed by atoms with Gasteiger partial charge in [-0.05, 0) is 51.1 Å². The number of rotatable bonds is 5. The number of aryl methyl sites for hydroxylation is 2. The summed E-state index contributed by atoms with van der Waals surface area (Å²) in [5.74, 6) is 0.192. The SMILES string of the molecule is Cc1ccc(-n2c(C)cc(C(=O)COC(=O)[C@@H]3COc4ccccc4O3)c2C)cc1. The molecule has 0 spiro atoms. The second kappa shape index (κ2) is 8.06. The normalized spacial score (nSPS) is 15.0. The summed E-state index contributed by atoms with van der Waals surface area (Å²) >= 11 is 0. The van der Waals surface area contributed by atoms with Gasteiger partial charge < -0.3 is 18.8 Å². The van der Waals surface area contributed by atoms with E-state index in [1.807, 2.05) is 61.7 Å². The van der Waals surface area contributed by atoms with Gasteiger partial charge in [-0.2, -0.15) is 0 Å². The Kier molecular flexibility index (Phi) is 5.31. The molecule has 1 atom stereocenters. The number of nitrogens with zero attached hydrogens (tertiary/aromatic N) is 1. The monoisotopic (exact) mass is 405 g/mol. The third-order valence-corrected chi connectivity index (χ3v) is 5.14. The third-order valence-electron chi connectivity index (χ3n) is 5.14. The molecule has 154 valence electrons. The zero-order valence-corrected chi connectivity index (χ0v) is 17.2. The number of benzene rings is 2. The van der Waals surface area contributed by atoms with Gasteiger partial charge in [0.05, 0.1) is 0 Å². The van der Waals surface area contributed by atoms with E-state index in [0.29, 0.717) is 17.1 Å². The van der Waals surface area contributed by atoms with Gasteiger partial charge in [0.2, 0.25) is 11.9 Å². The van der Waals surface area contributed by atoms with Crippen LogP contribution in [-0.4, -0.2) is 35.6 Å². The van der Waals surface area contributed by atoms with Gasteiger partial charge >= 0.3 is 5.97 Å². The van der Waals surface area contributed by atoms with Crippen LogP contribution in [0.5, 0.6) is 11.5 Å². The number of hydrogen-bond donors (Lipinski definition) is 0. The van der Waals surface area contributed by atoms with Gasteiger partial charge in [0, 0.05) is 22.6 Å². The van der Waals surface area contributed by atoms with E-state index in [1.54, 1.807) is 18.2 Å². The van der Waals surface area contributed by atoms with E-state index in [2.05, 4.69) is 0 Å². The highest BCUT2D eigenvalue weighted by Crippen LogP contribution is 2.31. The van der Waals surface area contributed by atoms with Crippen LogP contribution in [0.15, 0.2) is 54.6 Å². The van der Waals surface area contributed by atoms with Gasteiger partial charge in [-0.15, -0.1) is 0 Å². The van der Waals surface area contributed by atoms with E-state index in [4.69, 9.17) is 14.2 Å². The Morgan fingerprint density at radius 3 is 2.47 bits per heavy atom. The number of ketones is 1. The summed E-state index contributed by atoms with van der Waals surface area (Å²) in [6.07, 6.45) is -0.896. The zero-order chi connectivity index (χ0) is 21.3.